The van der Waals surface area contributed by atoms with Gasteiger partial charge in [0.15, 0.2) is 4.34 Å². The Hall–Kier alpha value is -0.860. The molecule has 1 amide bonds. The highest BCUT2D eigenvalue weighted by molar-refractivity contribution is 8.01. The van der Waals surface area contributed by atoms with Crippen LogP contribution in [0.25, 0.3) is 0 Å². The van der Waals surface area contributed by atoms with Crippen LogP contribution in [0, 0.1) is 0 Å². The van der Waals surface area contributed by atoms with Gasteiger partial charge in [0.25, 0.3) is 0 Å². The summed E-state index contributed by atoms with van der Waals surface area (Å²) >= 11 is 2.98. The maximum Gasteiger partial charge on any atom is 0.230 e. The number of aromatic nitrogens is 2. The lowest BCUT2D eigenvalue weighted by Crippen LogP contribution is -2.32. The van der Waals surface area contributed by atoms with E-state index in [0.29, 0.717) is 18.3 Å². The fourth-order valence-corrected chi connectivity index (χ4v) is 4.62. The Morgan fingerprint density at radius 2 is 2.09 bits per heavy atom. The normalized spacial score (nSPS) is 22.2. The molecule has 2 aliphatic rings. The summed E-state index contributed by atoms with van der Waals surface area (Å²) < 4.78 is 6.33. The standard InChI is InChI=1S/C15H24N4O2S2/c20-13(16-9-12-7-4-8-21-12)10-22-15-19-18-14(23-15)17-11-5-2-1-3-6-11/h11-12H,1-10H2,(H,16,20)(H,17,18)/t12-/m0/s1. The van der Waals surface area contributed by atoms with Crippen molar-refractivity contribution in [3.63, 3.8) is 0 Å². The van der Waals surface area contributed by atoms with E-state index in [2.05, 4.69) is 20.8 Å². The van der Waals surface area contributed by atoms with E-state index >= 15 is 0 Å². The molecular formula is C15H24N4O2S2. The number of nitrogens with one attached hydrogen (secondary N) is 2. The van der Waals surface area contributed by atoms with Crippen LogP contribution in [-0.4, -0.2) is 47.2 Å². The average molecular weight is 357 g/mol. The molecule has 8 heteroatoms. The fraction of sp³-hybridized carbons (Fsp3) is 0.800. The summed E-state index contributed by atoms with van der Waals surface area (Å²) in [6, 6.07) is 0.532. The van der Waals surface area contributed by atoms with Crippen LogP contribution in [-0.2, 0) is 9.53 Å². The first-order valence-corrected chi connectivity index (χ1v) is 10.2. The maximum atomic E-state index is 11.9. The number of rotatable bonds is 7. The number of carbonyl (C=O) groups excluding carboxylic acids is 1. The molecule has 1 aliphatic heterocycles. The van der Waals surface area contributed by atoms with Crippen LogP contribution in [0.3, 0.4) is 0 Å². The predicted octanol–water partition coefficient (Wildman–Crippen LogP) is 2.67. The van der Waals surface area contributed by atoms with Crippen molar-refractivity contribution >= 4 is 34.1 Å². The Morgan fingerprint density at radius 3 is 2.87 bits per heavy atom. The second-order valence-corrected chi connectivity index (χ2v) is 8.28. The van der Waals surface area contributed by atoms with Crippen LogP contribution in [0.15, 0.2) is 4.34 Å². The number of amides is 1. The van der Waals surface area contributed by atoms with Gasteiger partial charge in [-0.15, -0.1) is 10.2 Å². The van der Waals surface area contributed by atoms with Crippen LogP contribution in [0.4, 0.5) is 5.13 Å². The zero-order valence-electron chi connectivity index (χ0n) is 13.3. The molecule has 3 rings (SSSR count). The minimum Gasteiger partial charge on any atom is -0.376 e. The summed E-state index contributed by atoms with van der Waals surface area (Å²) in [7, 11) is 0. The summed E-state index contributed by atoms with van der Waals surface area (Å²) in [6.07, 6.45) is 8.69. The van der Waals surface area contributed by atoms with Gasteiger partial charge in [0.05, 0.1) is 11.9 Å². The number of anilines is 1. The fourth-order valence-electron chi connectivity index (χ4n) is 2.96. The molecule has 0 spiro atoms. The van der Waals surface area contributed by atoms with Crippen LogP contribution in [0.5, 0.6) is 0 Å². The van der Waals surface area contributed by atoms with E-state index in [4.69, 9.17) is 4.74 Å². The van der Waals surface area contributed by atoms with Crippen LogP contribution >= 0.6 is 23.1 Å². The molecule has 1 aromatic heterocycles. The summed E-state index contributed by atoms with van der Waals surface area (Å²) in [4.78, 5) is 11.9. The molecule has 1 saturated heterocycles. The number of carbonyl (C=O) groups is 1. The minimum absolute atomic E-state index is 0.0301. The summed E-state index contributed by atoms with van der Waals surface area (Å²) in [5.41, 5.74) is 0. The topological polar surface area (TPSA) is 76.1 Å². The third-order valence-electron chi connectivity index (χ3n) is 4.22. The van der Waals surface area contributed by atoms with Gasteiger partial charge >= 0.3 is 0 Å². The first kappa shape index (κ1) is 17.0. The molecule has 2 fully saturated rings. The zero-order chi connectivity index (χ0) is 15.9. The molecule has 0 bridgehead atoms. The van der Waals surface area contributed by atoms with Gasteiger partial charge in [-0.1, -0.05) is 42.4 Å². The Labute approximate surface area is 145 Å². The number of hydrogen-bond donors (Lipinski definition) is 2. The van der Waals surface area contributed by atoms with Crippen molar-refractivity contribution in [3.05, 3.63) is 0 Å². The predicted molar refractivity (Wildman–Crippen MR) is 93.1 cm³/mol. The molecule has 1 aromatic rings. The molecule has 0 radical (unpaired) electrons. The molecule has 2 N–H and O–H groups in total. The lowest BCUT2D eigenvalue weighted by atomic mass is 9.96. The van der Waals surface area contributed by atoms with Crippen LogP contribution in [0.2, 0.25) is 0 Å². The van der Waals surface area contributed by atoms with Crippen LogP contribution in [0.1, 0.15) is 44.9 Å². The average Bonchev–Trinajstić information content (AvgIpc) is 3.24. The molecule has 6 nitrogen and oxygen atoms in total. The van der Waals surface area contributed by atoms with E-state index in [9.17, 15) is 4.79 Å². The maximum absolute atomic E-state index is 11.9. The molecule has 23 heavy (non-hydrogen) atoms. The van der Waals surface area contributed by atoms with Crippen molar-refractivity contribution in [3.8, 4) is 0 Å². The van der Waals surface area contributed by atoms with Crippen molar-refractivity contribution in [1.82, 2.24) is 15.5 Å². The largest absolute Gasteiger partial charge is 0.376 e. The lowest BCUT2D eigenvalue weighted by Gasteiger charge is -2.21. The number of ether oxygens (including phenoxy) is 1. The van der Waals surface area contributed by atoms with Gasteiger partial charge in [0.1, 0.15) is 0 Å². The van der Waals surface area contributed by atoms with Gasteiger partial charge in [-0.3, -0.25) is 4.79 Å². The SMILES string of the molecule is O=C(CSc1nnc(NC2CCCCC2)s1)NC[C@@H]1CCCO1. The zero-order valence-corrected chi connectivity index (χ0v) is 14.9. The van der Waals surface area contributed by atoms with E-state index in [0.717, 1.165) is 28.9 Å². The van der Waals surface area contributed by atoms with Crippen molar-refractivity contribution in [2.45, 2.75) is 61.4 Å². The quantitative estimate of drug-likeness (QED) is 0.732. The smallest absolute Gasteiger partial charge is 0.230 e. The first-order valence-electron chi connectivity index (χ1n) is 8.41. The Balaban J connectivity index is 1.35. The third kappa shape index (κ3) is 5.61. The van der Waals surface area contributed by atoms with Crippen molar-refractivity contribution in [2.75, 3.05) is 24.2 Å². The van der Waals surface area contributed by atoms with Gasteiger partial charge < -0.3 is 15.4 Å². The van der Waals surface area contributed by atoms with E-state index in [-0.39, 0.29) is 12.0 Å². The van der Waals surface area contributed by atoms with E-state index < -0.39 is 0 Å². The molecule has 128 valence electrons. The van der Waals surface area contributed by atoms with Crippen molar-refractivity contribution in [2.24, 2.45) is 0 Å². The molecule has 0 unspecified atom stereocenters. The molecule has 1 atom stereocenters. The van der Waals surface area contributed by atoms with Gasteiger partial charge in [-0.25, -0.2) is 0 Å². The van der Waals surface area contributed by atoms with Crippen LogP contribution < -0.4 is 10.6 Å². The molecule has 0 aromatic carbocycles. The highest BCUT2D eigenvalue weighted by atomic mass is 32.2. The lowest BCUT2D eigenvalue weighted by molar-refractivity contribution is -0.119. The van der Waals surface area contributed by atoms with Gasteiger partial charge in [0, 0.05) is 19.2 Å². The molecule has 1 saturated carbocycles. The van der Waals surface area contributed by atoms with E-state index in [1.54, 1.807) is 0 Å². The molecule has 2 heterocycles. The van der Waals surface area contributed by atoms with Crippen molar-refractivity contribution < 1.29 is 9.53 Å². The first-order chi connectivity index (χ1) is 11.3. The second-order valence-electron chi connectivity index (χ2n) is 6.08. The molecule has 1 aliphatic carbocycles. The van der Waals surface area contributed by atoms with Gasteiger partial charge in [0.2, 0.25) is 11.0 Å². The highest BCUT2D eigenvalue weighted by Crippen LogP contribution is 2.28. The summed E-state index contributed by atoms with van der Waals surface area (Å²) in [5, 5.41) is 15.6. The summed E-state index contributed by atoms with van der Waals surface area (Å²) in [6.45, 7) is 1.43. The number of thioether (sulfide) groups is 1. The third-order valence-corrected chi connectivity index (χ3v) is 6.20. The second kappa shape index (κ2) is 8.84. The van der Waals surface area contributed by atoms with Gasteiger partial charge in [-0.2, -0.15) is 0 Å². The van der Waals surface area contributed by atoms with Crippen molar-refractivity contribution in [1.29, 1.82) is 0 Å². The number of nitrogens with zero attached hydrogens (tertiary/aromatic N) is 2. The molecular weight excluding hydrogens is 332 g/mol. The summed E-state index contributed by atoms with van der Waals surface area (Å²) in [5.74, 6) is 0.410. The van der Waals surface area contributed by atoms with E-state index in [1.807, 2.05) is 0 Å². The Morgan fingerprint density at radius 1 is 1.22 bits per heavy atom. The Kier molecular flexibility index (Phi) is 6.53. The monoisotopic (exact) mass is 356 g/mol. The highest BCUT2D eigenvalue weighted by Gasteiger charge is 2.17. The van der Waals surface area contributed by atoms with Gasteiger partial charge in [-0.05, 0) is 25.7 Å². The minimum atomic E-state index is 0.0301. The van der Waals surface area contributed by atoms with E-state index in [1.165, 1.54) is 55.2 Å². The number of hydrogen-bond acceptors (Lipinski definition) is 7. The Bertz CT molecular complexity index is 499.